The third-order valence-electron chi connectivity index (χ3n) is 3.95. The summed E-state index contributed by atoms with van der Waals surface area (Å²) in [5, 5.41) is 14.9. The van der Waals surface area contributed by atoms with E-state index in [0.29, 0.717) is 17.1 Å². The van der Waals surface area contributed by atoms with Crippen molar-refractivity contribution in [2.24, 2.45) is 0 Å². The monoisotopic (exact) mass is 364 g/mol. The van der Waals surface area contributed by atoms with Gasteiger partial charge in [-0.2, -0.15) is 4.80 Å². The Labute approximate surface area is 156 Å². The van der Waals surface area contributed by atoms with Gasteiger partial charge >= 0.3 is 0 Å². The zero-order valence-electron chi connectivity index (χ0n) is 15.4. The number of hydrogen-bond donors (Lipinski definition) is 1. The van der Waals surface area contributed by atoms with Gasteiger partial charge in [0.2, 0.25) is 11.7 Å². The van der Waals surface area contributed by atoms with Gasteiger partial charge in [0.1, 0.15) is 6.54 Å². The van der Waals surface area contributed by atoms with Crippen LogP contribution in [-0.4, -0.2) is 46.0 Å². The molecule has 0 atom stereocenters. The van der Waals surface area contributed by atoms with Crippen molar-refractivity contribution in [1.29, 1.82) is 0 Å². The lowest BCUT2D eigenvalue weighted by Crippen LogP contribution is -2.20. The predicted octanol–water partition coefficient (Wildman–Crippen LogP) is 2.25. The summed E-state index contributed by atoms with van der Waals surface area (Å²) in [5.74, 6) is 0.155. The molecule has 0 aliphatic rings. The average Bonchev–Trinajstić information content (AvgIpc) is 3.10. The van der Waals surface area contributed by atoms with E-state index in [9.17, 15) is 9.59 Å². The van der Waals surface area contributed by atoms with Crippen molar-refractivity contribution in [3.8, 4) is 11.4 Å². The van der Waals surface area contributed by atoms with Crippen LogP contribution in [0.15, 0.2) is 48.5 Å². The van der Waals surface area contributed by atoms with Crippen LogP contribution in [0.3, 0.4) is 0 Å². The van der Waals surface area contributed by atoms with Gasteiger partial charge in [0.25, 0.3) is 0 Å². The van der Waals surface area contributed by atoms with Crippen LogP contribution in [-0.2, 0) is 11.3 Å². The van der Waals surface area contributed by atoms with E-state index in [0.717, 1.165) is 11.3 Å². The smallest absolute Gasteiger partial charge is 0.248 e. The number of anilines is 2. The lowest BCUT2D eigenvalue weighted by Gasteiger charge is -2.11. The lowest BCUT2D eigenvalue weighted by molar-refractivity contribution is -0.117. The highest BCUT2D eigenvalue weighted by Gasteiger charge is 2.10. The Morgan fingerprint density at radius 3 is 2.30 bits per heavy atom. The number of nitrogens with one attached hydrogen (secondary N) is 1. The molecule has 1 heterocycles. The molecule has 138 valence electrons. The van der Waals surface area contributed by atoms with E-state index < -0.39 is 0 Å². The Bertz CT molecular complexity index is 945. The summed E-state index contributed by atoms with van der Waals surface area (Å²) >= 11 is 0. The molecule has 8 heteroatoms. The van der Waals surface area contributed by atoms with Crippen molar-refractivity contribution in [2.75, 3.05) is 24.3 Å². The Morgan fingerprint density at radius 1 is 1.04 bits per heavy atom. The minimum absolute atomic E-state index is 0.0224. The summed E-state index contributed by atoms with van der Waals surface area (Å²) in [4.78, 5) is 26.7. The van der Waals surface area contributed by atoms with Crippen LogP contribution in [0.4, 0.5) is 11.4 Å². The standard InChI is InChI=1S/C19H20N6O2/c1-13(26)14-4-8-16(9-5-14)20-18(27)12-25-22-19(21-23-25)15-6-10-17(11-7-15)24(2)3/h4-11H,12H2,1-3H3,(H,20,27). The molecule has 27 heavy (non-hydrogen) atoms. The average molecular weight is 364 g/mol. The van der Waals surface area contributed by atoms with Crippen LogP contribution in [0.2, 0.25) is 0 Å². The van der Waals surface area contributed by atoms with Gasteiger partial charge in [-0.05, 0) is 60.7 Å². The minimum atomic E-state index is -0.280. The minimum Gasteiger partial charge on any atom is -0.378 e. The number of carbonyl (C=O) groups is 2. The van der Waals surface area contributed by atoms with Gasteiger partial charge in [-0.1, -0.05) is 0 Å². The van der Waals surface area contributed by atoms with Crippen LogP contribution in [0.5, 0.6) is 0 Å². The normalized spacial score (nSPS) is 10.5. The van der Waals surface area contributed by atoms with Gasteiger partial charge < -0.3 is 10.2 Å². The maximum Gasteiger partial charge on any atom is 0.248 e. The molecule has 3 rings (SSSR count). The summed E-state index contributed by atoms with van der Waals surface area (Å²) in [7, 11) is 3.94. The van der Waals surface area contributed by atoms with Crippen LogP contribution < -0.4 is 10.2 Å². The second kappa shape index (κ2) is 7.77. The van der Waals surface area contributed by atoms with Crippen LogP contribution >= 0.6 is 0 Å². The molecule has 0 saturated heterocycles. The fourth-order valence-electron chi connectivity index (χ4n) is 2.45. The highest BCUT2D eigenvalue weighted by molar-refractivity contribution is 5.95. The summed E-state index contributed by atoms with van der Waals surface area (Å²) in [6.45, 7) is 1.44. The third kappa shape index (κ3) is 4.55. The summed E-state index contributed by atoms with van der Waals surface area (Å²) in [5.41, 5.74) is 3.09. The molecule has 2 aromatic carbocycles. The summed E-state index contributed by atoms with van der Waals surface area (Å²) < 4.78 is 0. The van der Waals surface area contributed by atoms with Crippen molar-refractivity contribution in [2.45, 2.75) is 13.5 Å². The molecular formula is C19H20N6O2. The maximum atomic E-state index is 12.2. The van der Waals surface area contributed by atoms with Gasteiger partial charge in [0.15, 0.2) is 5.78 Å². The molecule has 0 bridgehead atoms. The van der Waals surface area contributed by atoms with E-state index in [1.807, 2.05) is 43.3 Å². The lowest BCUT2D eigenvalue weighted by atomic mass is 10.1. The van der Waals surface area contributed by atoms with Crippen molar-refractivity contribution < 1.29 is 9.59 Å². The molecule has 8 nitrogen and oxygen atoms in total. The Balaban J connectivity index is 1.63. The molecule has 0 unspecified atom stereocenters. The van der Waals surface area contributed by atoms with Gasteiger partial charge in [-0.25, -0.2) is 0 Å². The summed E-state index contributed by atoms with van der Waals surface area (Å²) in [6.07, 6.45) is 0. The zero-order valence-corrected chi connectivity index (χ0v) is 15.4. The number of ketones is 1. The highest BCUT2D eigenvalue weighted by Crippen LogP contribution is 2.18. The molecule has 0 saturated carbocycles. The van der Waals surface area contributed by atoms with Gasteiger partial charge in [0.05, 0.1) is 0 Å². The molecule has 0 aliphatic heterocycles. The first-order chi connectivity index (χ1) is 12.9. The number of benzene rings is 2. The number of Topliss-reactive ketones (excluding diaryl/α,β-unsaturated/α-hetero) is 1. The van der Waals surface area contributed by atoms with E-state index in [2.05, 4.69) is 20.7 Å². The molecule has 0 spiro atoms. The zero-order chi connectivity index (χ0) is 19.4. The maximum absolute atomic E-state index is 12.2. The van der Waals surface area contributed by atoms with Crippen molar-refractivity contribution >= 4 is 23.1 Å². The molecule has 0 radical (unpaired) electrons. The van der Waals surface area contributed by atoms with Crippen molar-refractivity contribution in [3.05, 3.63) is 54.1 Å². The largest absolute Gasteiger partial charge is 0.378 e. The molecule has 1 aromatic heterocycles. The van der Waals surface area contributed by atoms with Crippen molar-refractivity contribution in [1.82, 2.24) is 20.2 Å². The molecular weight excluding hydrogens is 344 g/mol. The van der Waals surface area contributed by atoms with E-state index in [1.54, 1.807) is 24.3 Å². The van der Waals surface area contributed by atoms with E-state index in [1.165, 1.54) is 11.7 Å². The first kappa shape index (κ1) is 18.2. The summed E-state index contributed by atoms with van der Waals surface area (Å²) in [6, 6.07) is 14.5. The van der Waals surface area contributed by atoms with Gasteiger partial charge in [-0.15, -0.1) is 10.2 Å². The number of carbonyl (C=O) groups excluding carboxylic acids is 2. The van der Waals surface area contributed by atoms with E-state index in [4.69, 9.17) is 0 Å². The number of tetrazole rings is 1. The second-order valence-corrected chi connectivity index (χ2v) is 6.27. The number of amides is 1. The number of hydrogen-bond acceptors (Lipinski definition) is 6. The predicted molar refractivity (Wildman–Crippen MR) is 103 cm³/mol. The quantitative estimate of drug-likeness (QED) is 0.675. The molecule has 3 aromatic rings. The second-order valence-electron chi connectivity index (χ2n) is 6.27. The number of nitrogens with zero attached hydrogens (tertiary/aromatic N) is 5. The molecule has 1 amide bonds. The fourth-order valence-corrected chi connectivity index (χ4v) is 2.45. The van der Waals surface area contributed by atoms with Crippen molar-refractivity contribution in [3.63, 3.8) is 0 Å². The van der Waals surface area contributed by atoms with E-state index in [-0.39, 0.29) is 18.2 Å². The van der Waals surface area contributed by atoms with Crippen LogP contribution in [0.25, 0.3) is 11.4 Å². The van der Waals surface area contributed by atoms with Gasteiger partial charge in [0, 0.05) is 36.6 Å². The Hall–Kier alpha value is -3.55. The Kier molecular flexibility index (Phi) is 5.25. The number of rotatable bonds is 6. The highest BCUT2D eigenvalue weighted by atomic mass is 16.2. The van der Waals surface area contributed by atoms with E-state index >= 15 is 0 Å². The fraction of sp³-hybridized carbons (Fsp3) is 0.211. The Morgan fingerprint density at radius 2 is 1.70 bits per heavy atom. The molecule has 1 N–H and O–H groups in total. The third-order valence-corrected chi connectivity index (χ3v) is 3.95. The SMILES string of the molecule is CC(=O)c1ccc(NC(=O)Cn2nnc(-c3ccc(N(C)C)cc3)n2)cc1. The molecule has 0 aliphatic carbocycles. The van der Waals surface area contributed by atoms with Crippen LogP contribution in [0.1, 0.15) is 17.3 Å². The molecule has 0 fully saturated rings. The number of aromatic nitrogens is 4. The topological polar surface area (TPSA) is 93.0 Å². The van der Waals surface area contributed by atoms with Gasteiger partial charge in [-0.3, -0.25) is 9.59 Å². The first-order valence-corrected chi connectivity index (χ1v) is 8.39. The van der Waals surface area contributed by atoms with Crippen LogP contribution in [0, 0.1) is 0 Å². The first-order valence-electron chi connectivity index (χ1n) is 8.39.